The number of aromatic nitrogens is 2. The van der Waals surface area contributed by atoms with Gasteiger partial charge in [-0.1, -0.05) is 49.9 Å². The van der Waals surface area contributed by atoms with Crippen LogP contribution in [0.25, 0.3) is 0 Å². The molecular weight excluding hydrogens is 390 g/mol. The van der Waals surface area contributed by atoms with Gasteiger partial charge >= 0.3 is 0 Å². The van der Waals surface area contributed by atoms with Crippen LogP contribution in [0.2, 0.25) is 0 Å². The van der Waals surface area contributed by atoms with Crippen LogP contribution in [0.4, 0.5) is 5.13 Å². The molecule has 2 heterocycles. The molecule has 3 aliphatic rings. The van der Waals surface area contributed by atoms with Crippen molar-refractivity contribution in [3.05, 3.63) is 5.51 Å². The van der Waals surface area contributed by atoms with Crippen LogP contribution >= 0.6 is 11.3 Å². The molecule has 0 bridgehead atoms. The lowest BCUT2D eigenvalue weighted by Crippen LogP contribution is -2.64. The van der Waals surface area contributed by atoms with E-state index in [1.807, 2.05) is 6.92 Å². The van der Waals surface area contributed by atoms with Crippen LogP contribution in [-0.2, 0) is 9.47 Å². The lowest BCUT2D eigenvalue weighted by Gasteiger charge is -2.50. The molecule has 7 nitrogen and oxygen atoms in total. The molecule has 5 unspecified atom stereocenters. The Hall–Kier alpha value is -0.930. The van der Waals surface area contributed by atoms with E-state index < -0.39 is 30.0 Å². The maximum Gasteiger partial charge on any atom is 0.231 e. The number of hydrogen-bond donors (Lipinski definition) is 2. The van der Waals surface area contributed by atoms with Gasteiger partial charge in [-0.2, -0.15) is 0 Å². The first-order valence-corrected chi connectivity index (χ1v) is 11.8. The zero-order valence-corrected chi connectivity index (χ0v) is 18.1. The summed E-state index contributed by atoms with van der Waals surface area (Å²) in [4.78, 5) is 4.27. The van der Waals surface area contributed by atoms with Gasteiger partial charge < -0.3 is 19.7 Å². The number of aliphatic hydroxyl groups is 2. The van der Waals surface area contributed by atoms with Crippen molar-refractivity contribution in [2.75, 3.05) is 7.11 Å². The predicted octanol–water partition coefficient (Wildman–Crippen LogP) is 3.34. The highest BCUT2D eigenvalue weighted by Gasteiger charge is 2.55. The molecule has 0 spiro atoms. The van der Waals surface area contributed by atoms with Crippen LogP contribution in [0.15, 0.2) is 10.5 Å². The van der Waals surface area contributed by atoms with E-state index in [9.17, 15) is 10.2 Å². The number of ether oxygens (including phenoxy) is 2. The molecule has 0 radical (unpaired) electrons. The molecule has 162 valence electrons. The molecule has 1 saturated heterocycles. The van der Waals surface area contributed by atoms with Gasteiger partial charge in [-0.15, -0.1) is 10.2 Å². The minimum atomic E-state index is -1.01. The van der Waals surface area contributed by atoms with Crippen LogP contribution < -0.4 is 0 Å². The van der Waals surface area contributed by atoms with Gasteiger partial charge in [0.2, 0.25) is 5.13 Å². The molecule has 0 amide bonds. The van der Waals surface area contributed by atoms with Gasteiger partial charge in [0.1, 0.15) is 11.6 Å². The lowest BCUT2D eigenvalue weighted by atomic mass is 9.75. The molecule has 0 aromatic carbocycles. The molecule has 4 rings (SSSR count). The molecule has 3 fully saturated rings. The maximum atomic E-state index is 11.0. The zero-order valence-electron chi connectivity index (χ0n) is 17.3. The van der Waals surface area contributed by atoms with Gasteiger partial charge in [-0.3, -0.25) is 0 Å². The summed E-state index contributed by atoms with van der Waals surface area (Å²) in [6.07, 6.45) is 8.97. The van der Waals surface area contributed by atoms with Crippen LogP contribution in [0, 0.1) is 23.7 Å². The predicted molar refractivity (Wildman–Crippen MR) is 111 cm³/mol. The second-order valence-corrected chi connectivity index (χ2v) is 9.98. The SMILES string of the molecule is CO[C@H]1O[C@](C)(C2CCC(CCC3CCC3)C2)C(O)C(O)C1/C=N\c1nncs1. The van der Waals surface area contributed by atoms with Crippen LogP contribution in [0.1, 0.15) is 58.3 Å². The number of hydrogen-bond acceptors (Lipinski definition) is 8. The van der Waals surface area contributed by atoms with Crippen molar-refractivity contribution in [1.29, 1.82) is 0 Å². The van der Waals surface area contributed by atoms with E-state index >= 15 is 0 Å². The number of aliphatic imine (C=N–C) groups is 1. The zero-order chi connectivity index (χ0) is 20.4. The number of aliphatic hydroxyl groups excluding tert-OH is 2. The van der Waals surface area contributed by atoms with E-state index in [1.165, 1.54) is 49.9 Å². The average Bonchev–Trinajstić information content (AvgIpc) is 3.36. The number of methoxy groups -OCH3 is 1. The average molecular weight is 424 g/mol. The van der Waals surface area contributed by atoms with E-state index in [0.29, 0.717) is 11.0 Å². The van der Waals surface area contributed by atoms with E-state index in [4.69, 9.17) is 9.47 Å². The van der Waals surface area contributed by atoms with Gasteiger partial charge in [-0.25, -0.2) is 4.99 Å². The quantitative estimate of drug-likeness (QED) is 0.653. The smallest absolute Gasteiger partial charge is 0.231 e. The molecular formula is C21H33N3O4S. The summed E-state index contributed by atoms with van der Waals surface area (Å²) in [7, 11) is 1.57. The molecule has 2 aliphatic carbocycles. The van der Waals surface area contributed by atoms with Crippen molar-refractivity contribution >= 4 is 22.7 Å². The van der Waals surface area contributed by atoms with Gasteiger partial charge in [0.15, 0.2) is 6.29 Å². The van der Waals surface area contributed by atoms with Crippen molar-refractivity contribution in [2.24, 2.45) is 28.7 Å². The summed E-state index contributed by atoms with van der Waals surface area (Å²) in [5.41, 5.74) is 0.778. The largest absolute Gasteiger partial charge is 0.389 e. The van der Waals surface area contributed by atoms with Gasteiger partial charge in [0, 0.05) is 13.3 Å². The molecule has 7 atom stereocenters. The molecule has 2 saturated carbocycles. The van der Waals surface area contributed by atoms with Gasteiger partial charge in [0.25, 0.3) is 0 Å². The van der Waals surface area contributed by atoms with E-state index in [0.717, 1.165) is 18.8 Å². The number of nitrogens with zero attached hydrogens (tertiary/aromatic N) is 3. The first kappa shape index (κ1) is 21.3. The van der Waals surface area contributed by atoms with E-state index in [1.54, 1.807) is 18.8 Å². The van der Waals surface area contributed by atoms with Crippen molar-refractivity contribution < 1.29 is 19.7 Å². The fraction of sp³-hybridized carbons (Fsp3) is 0.857. The Balaban J connectivity index is 1.41. The first-order chi connectivity index (χ1) is 14.0. The summed E-state index contributed by atoms with van der Waals surface area (Å²) >= 11 is 1.31. The molecule has 1 aromatic rings. The number of rotatable bonds is 7. The van der Waals surface area contributed by atoms with E-state index in [2.05, 4.69) is 15.2 Å². The summed E-state index contributed by atoms with van der Waals surface area (Å²) in [6.45, 7) is 1.93. The highest BCUT2D eigenvalue weighted by Crippen LogP contribution is 2.48. The third kappa shape index (κ3) is 4.42. The van der Waals surface area contributed by atoms with Crippen molar-refractivity contribution in [2.45, 2.75) is 82.4 Å². The molecule has 1 aliphatic heterocycles. The Morgan fingerprint density at radius 1 is 1.28 bits per heavy atom. The minimum absolute atomic E-state index is 0.220. The summed E-state index contributed by atoms with van der Waals surface area (Å²) in [6, 6.07) is 0. The maximum absolute atomic E-state index is 11.0. The molecule has 29 heavy (non-hydrogen) atoms. The van der Waals surface area contributed by atoms with Crippen molar-refractivity contribution in [3.8, 4) is 0 Å². The van der Waals surface area contributed by atoms with Crippen molar-refractivity contribution in [1.82, 2.24) is 10.2 Å². The van der Waals surface area contributed by atoms with Crippen LogP contribution in [0.5, 0.6) is 0 Å². The first-order valence-electron chi connectivity index (χ1n) is 10.9. The fourth-order valence-corrected chi connectivity index (χ4v) is 5.70. The van der Waals surface area contributed by atoms with Crippen LogP contribution in [0.3, 0.4) is 0 Å². The summed E-state index contributed by atoms with van der Waals surface area (Å²) in [5.74, 6) is 1.29. The normalized spacial score (nSPS) is 41.1. The fourth-order valence-electron chi connectivity index (χ4n) is 5.29. The van der Waals surface area contributed by atoms with Gasteiger partial charge in [0.05, 0.1) is 17.6 Å². The third-order valence-corrected chi connectivity index (χ3v) is 8.08. The molecule has 8 heteroatoms. The Kier molecular flexibility index (Phi) is 6.65. The standard InChI is InChI=1S/C21H33N3O4S/c1-21(15-9-8-14(10-15)7-6-13-4-3-5-13)18(26)17(25)16(19(27-2)28-21)11-22-20-24-23-12-29-20/h11-19,25-26H,3-10H2,1-2H3/b22-11-/t14?,15?,16?,17?,18?,19-,21+/m0/s1. The third-order valence-electron chi connectivity index (χ3n) is 7.49. The topological polar surface area (TPSA) is 97.1 Å². The molecule has 2 N–H and O–H groups in total. The Morgan fingerprint density at radius 3 is 2.72 bits per heavy atom. The van der Waals surface area contributed by atoms with Crippen LogP contribution in [-0.4, -0.2) is 57.8 Å². The highest BCUT2D eigenvalue weighted by atomic mass is 32.1. The Morgan fingerprint density at radius 2 is 2.07 bits per heavy atom. The van der Waals surface area contributed by atoms with E-state index in [-0.39, 0.29) is 5.92 Å². The lowest BCUT2D eigenvalue weighted by molar-refractivity contribution is -0.310. The molecule has 1 aromatic heterocycles. The summed E-state index contributed by atoms with van der Waals surface area (Å²) in [5, 5.41) is 30.1. The highest BCUT2D eigenvalue weighted by molar-refractivity contribution is 7.13. The van der Waals surface area contributed by atoms with Gasteiger partial charge in [-0.05, 0) is 37.5 Å². The Bertz CT molecular complexity index is 681. The minimum Gasteiger partial charge on any atom is -0.389 e. The van der Waals surface area contributed by atoms with Crippen molar-refractivity contribution in [3.63, 3.8) is 0 Å². The second kappa shape index (κ2) is 9.06. The second-order valence-electron chi connectivity index (χ2n) is 9.17. The Labute approximate surface area is 176 Å². The summed E-state index contributed by atoms with van der Waals surface area (Å²) < 4.78 is 11.9. The monoisotopic (exact) mass is 423 g/mol.